The first-order valence-electron chi connectivity index (χ1n) is 7.41. The maximum Gasteiger partial charge on any atom is 0.252 e. The summed E-state index contributed by atoms with van der Waals surface area (Å²) >= 11 is 1.38. The number of rotatable bonds is 7. The van der Waals surface area contributed by atoms with E-state index < -0.39 is 10.0 Å². The van der Waals surface area contributed by atoms with E-state index in [0.29, 0.717) is 23.3 Å². The monoisotopic (exact) mass is 331 g/mol. The van der Waals surface area contributed by atoms with Gasteiger partial charge in [-0.25, -0.2) is 8.42 Å². The minimum Gasteiger partial charge on any atom is -0.312 e. The number of thiophene rings is 1. The molecule has 1 unspecified atom stereocenters. The first-order valence-corrected chi connectivity index (χ1v) is 9.66. The van der Waals surface area contributed by atoms with Crippen LogP contribution < -0.4 is 5.32 Å². The molecule has 0 aromatic carbocycles. The van der Waals surface area contributed by atoms with Gasteiger partial charge in [0, 0.05) is 30.6 Å². The van der Waals surface area contributed by atoms with Crippen LogP contribution in [0.25, 0.3) is 0 Å². The highest BCUT2D eigenvalue weighted by Crippen LogP contribution is 2.28. The summed E-state index contributed by atoms with van der Waals surface area (Å²) in [6, 6.07) is 3.98. The lowest BCUT2D eigenvalue weighted by atomic mass is 10.2. The van der Waals surface area contributed by atoms with Crippen LogP contribution in [-0.4, -0.2) is 57.4 Å². The molecule has 0 bridgehead atoms. The van der Waals surface area contributed by atoms with Crippen LogP contribution in [0, 0.1) is 0 Å². The molecule has 2 heterocycles. The van der Waals surface area contributed by atoms with Crippen molar-refractivity contribution in [3.63, 3.8) is 0 Å². The minimum absolute atomic E-state index is 0.324. The Hall–Kier alpha value is -0.470. The normalized spacial score (nSPS) is 20.5. The van der Waals surface area contributed by atoms with Crippen LogP contribution in [-0.2, 0) is 16.6 Å². The third kappa shape index (κ3) is 4.04. The van der Waals surface area contributed by atoms with E-state index in [-0.39, 0.29) is 0 Å². The maximum absolute atomic E-state index is 12.6. The second-order valence-corrected chi connectivity index (χ2v) is 9.00. The predicted octanol–water partition coefficient (Wildman–Crippen LogP) is 1.57. The Morgan fingerprint density at radius 2 is 2.19 bits per heavy atom. The minimum atomic E-state index is -3.32. The Kier molecular flexibility index (Phi) is 5.79. The van der Waals surface area contributed by atoms with Gasteiger partial charge in [-0.2, -0.15) is 4.31 Å². The highest BCUT2D eigenvalue weighted by molar-refractivity contribution is 7.91. The van der Waals surface area contributed by atoms with Crippen molar-refractivity contribution >= 4 is 21.4 Å². The van der Waals surface area contributed by atoms with Crippen LogP contribution in [0.1, 0.15) is 24.6 Å². The molecule has 120 valence electrons. The topological polar surface area (TPSA) is 52.7 Å². The van der Waals surface area contributed by atoms with E-state index in [0.717, 1.165) is 30.8 Å². The molecule has 0 amide bonds. The summed E-state index contributed by atoms with van der Waals surface area (Å²) in [6.45, 7) is 5.03. The fourth-order valence-corrected chi connectivity index (χ4v) is 5.43. The number of hydrogen-bond acceptors (Lipinski definition) is 5. The highest BCUT2D eigenvalue weighted by atomic mass is 32.2. The van der Waals surface area contributed by atoms with Crippen molar-refractivity contribution in [2.24, 2.45) is 0 Å². The summed E-state index contributed by atoms with van der Waals surface area (Å²) in [5.41, 5.74) is 0. The molecule has 1 aromatic rings. The van der Waals surface area contributed by atoms with Crippen LogP contribution in [0.15, 0.2) is 16.3 Å². The highest BCUT2D eigenvalue weighted by Gasteiger charge is 2.34. The van der Waals surface area contributed by atoms with E-state index in [1.165, 1.54) is 11.3 Å². The van der Waals surface area contributed by atoms with Gasteiger partial charge in [0.1, 0.15) is 4.21 Å². The van der Waals surface area contributed by atoms with Gasteiger partial charge in [0.2, 0.25) is 0 Å². The Labute approximate surface area is 132 Å². The van der Waals surface area contributed by atoms with Gasteiger partial charge >= 0.3 is 0 Å². The summed E-state index contributed by atoms with van der Waals surface area (Å²) in [7, 11) is 0.689. The zero-order valence-corrected chi connectivity index (χ0v) is 14.6. The average Bonchev–Trinajstić information content (AvgIpc) is 3.08. The standard InChI is InChI=1S/C14H25N3O2S2/c1-4-8-15-10-13-5-6-14(20-13)21(18,19)17-9-7-12(11-17)16(2)3/h5-6,12,15H,4,7-11H2,1-3H3. The largest absolute Gasteiger partial charge is 0.312 e. The van der Waals surface area contributed by atoms with Crippen LogP contribution in [0.4, 0.5) is 0 Å². The number of sulfonamides is 1. The molecule has 1 N–H and O–H groups in total. The van der Waals surface area contributed by atoms with Crippen LogP contribution >= 0.6 is 11.3 Å². The molecule has 5 nitrogen and oxygen atoms in total. The SMILES string of the molecule is CCCNCc1ccc(S(=O)(=O)N2CCC(N(C)C)C2)s1. The molecule has 1 aliphatic heterocycles. The van der Waals surface area contributed by atoms with Gasteiger partial charge in [0.25, 0.3) is 10.0 Å². The summed E-state index contributed by atoms with van der Waals surface area (Å²) in [6.07, 6.45) is 1.98. The Morgan fingerprint density at radius 3 is 2.81 bits per heavy atom. The van der Waals surface area contributed by atoms with E-state index in [2.05, 4.69) is 17.1 Å². The predicted molar refractivity (Wildman–Crippen MR) is 87.2 cm³/mol. The van der Waals surface area contributed by atoms with Gasteiger partial charge < -0.3 is 10.2 Å². The molecule has 1 aromatic heterocycles. The Bertz CT molecular complexity index is 554. The molecule has 0 aliphatic carbocycles. The van der Waals surface area contributed by atoms with Gasteiger partial charge in [-0.05, 0) is 45.6 Å². The zero-order chi connectivity index (χ0) is 15.5. The Morgan fingerprint density at radius 1 is 1.43 bits per heavy atom. The summed E-state index contributed by atoms with van der Waals surface area (Å²) < 4.78 is 27.4. The molecule has 0 spiro atoms. The Balaban J connectivity index is 2.03. The zero-order valence-electron chi connectivity index (χ0n) is 13.0. The molecular formula is C14H25N3O2S2. The first kappa shape index (κ1) is 16.9. The van der Waals surface area contributed by atoms with Crippen molar-refractivity contribution < 1.29 is 8.42 Å². The number of nitrogens with one attached hydrogen (secondary N) is 1. The van der Waals surface area contributed by atoms with Crippen molar-refractivity contribution in [3.05, 3.63) is 17.0 Å². The van der Waals surface area contributed by atoms with E-state index in [1.54, 1.807) is 10.4 Å². The molecular weight excluding hydrogens is 306 g/mol. The number of nitrogens with zero attached hydrogens (tertiary/aromatic N) is 2. The van der Waals surface area contributed by atoms with E-state index in [4.69, 9.17) is 0 Å². The number of hydrogen-bond donors (Lipinski definition) is 1. The number of likely N-dealkylation sites (N-methyl/N-ethyl adjacent to an activating group) is 1. The van der Waals surface area contributed by atoms with Gasteiger partial charge in [0.05, 0.1) is 0 Å². The third-order valence-corrected chi connectivity index (χ3v) is 7.23. The molecule has 7 heteroatoms. The molecule has 0 saturated carbocycles. The summed E-state index contributed by atoms with van der Waals surface area (Å²) in [4.78, 5) is 3.18. The maximum atomic E-state index is 12.6. The first-order chi connectivity index (χ1) is 9.95. The van der Waals surface area contributed by atoms with Crippen molar-refractivity contribution in [1.82, 2.24) is 14.5 Å². The molecule has 1 aliphatic rings. The lowest BCUT2D eigenvalue weighted by Crippen LogP contribution is -2.34. The average molecular weight is 332 g/mol. The van der Waals surface area contributed by atoms with Gasteiger partial charge in [0.15, 0.2) is 0 Å². The van der Waals surface area contributed by atoms with E-state index >= 15 is 0 Å². The molecule has 1 fully saturated rings. The lowest BCUT2D eigenvalue weighted by Gasteiger charge is -2.19. The fraction of sp³-hybridized carbons (Fsp3) is 0.714. The molecule has 1 atom stereocenters. The van der Waals surface area contributed by atoms with Crippen molar-refractivity contribution in [2.45, 2.75) is 36.6 Å². The van der Waals surface area contributed by atoms with Crippen LogP contribution in [0.2, 0.25) is 0 Å². The van der Waals surface area contributed by atoms with Crippen LogP contribution in [0.3, 0.4) is 0 Å². The molecule has 2 rings (SSSR count). The molecule has 21 heavy (non-hydrogen) atoms. The van der Waals surface area contributed by atoms with Crippen molar-refractivity contribution in [1.29, 1.82) is 0 Å². The smallest absolute Gasteiger partial charge is 0.252 e. The van der Waals surface area contributed by atoms with Crippen molar-refractivity contribution in [2.75, 3.05) is 33.7 Å². The van der Waals surface area contributed by atoms with Gasteiger partial charge in [-0.1, -0.05) is 6.92 Å². The summed E-state index contributed by atoms with van der Waals surface area (Å²) in [5, 5.41) is 3.30. The molecule has 0 radical (unpaired) electrons. The quantitative estimate of drug-likeness (QED) is 0.771. The second kappa shape index (κ2) is 7.19. The van der Waals surface area contributed by atoms with Gasteiger partial charge in [-0.3, -0.25) is 0 Å². The molecule has 1 saturated heterocycles. The fourth-order valence-electron chi connectivity index (χ4n) is 2.46. The second-order valence-electron chi connectivity index (χ2n) is 5.67. The van der Waals surface area contributed by atoms with Crippen LogP contribution in [0.5, 0.6) is 0 Å². The third-order valence-electron chi connectivity index (χ3n) is 3.81. The van der Waals surface area contributed by atoms with Crippen molar-refractivity contribution in [3.8, 4) is 0 Å². The lowest BCUT2D eigenvalue weighted by molar-refractivity contribution is 0.302. The summed E-state index contributed by atoms with van der Waals surface area (Å²) in [5.74, 6) is 0. The van der Waals surface area contributed by atoms with Gasteiger partial charge in [-0.15, -0.1) is 11.3 Å². The van der Waals surface area contributed by atoms with E-state index in [9.17, 15) is 8.42 Å². The van der Waals surface area contributed by atoms with E-state index in [1.807, 2.05) is 20.2 Å².